The number of rotatable bonds is 7. The van der Waals surface area contributed by atoms with E-state index >= 15 is 0 Å². The van der Waals surface area contributed by atoms with Crippen molar-refractivity contribution in [2.75, 3.05) is 19.6 Å². The number of amides is 2. The molecule has 2 fully saturated rings. The molecule has 1 aliphatic carbocycles. The maximum Gasteiger partial charge on any atom is 0.227 e. The lowest BCUT2D eigenvalue weighted by atomic mass is 9.76. The molecule has 0 bridgehead atoms. The smallest absolute Gasteiger partial charge is 0.227 e. The Kier molecular flexibility index (Phi) is 5.40. The second-order valence-corrected chi connectivity index (χ2v) is 6.16. The van der Waals surface area contributed by atoms with Crippen LogP contribution < -0.4 is 16.0 Å². The van der Waals surface area contributed by atoms with Crippen molar-refractivity contribution in [3.63, 3.8) is 0 Å². The molecule has 2 amide bonds. The van der Waals surface area contributed by atoms with Crippen LogP contribution in [0.5, 0.6) is 0 Å². The van der Waals surface area contributed by atoms with Gasteiger partial charge in [-0.3, -0.25) is 9.59 Å². The van der Waals surface area contributed by atoms with Crippen LogP contribution in [0.1, 0.15) is 51.9 Å². The number of hydrogen-bond acceptors (Lipinski definition) is 3. The summed E-state index contributed by atoms with van der Waals surface area (Å²) in [6.45, 7) is 4.33. The zero-order valence-electron chi connectivity index (χ0n) is 12.5. The molecule has 1 atom stereocenters. The van der Waals surface area contributed by atoms with Crippen LogP contribution in [0.25, 0.3) is 0 Å². The highest BCUT2D eigenvalue weighted by Crippen LogP contribution is 2.31. The zero-order valence-corrected chi connectivity index (χ0v) is 12.5. The van der Waals surface area contributed by atoms with E-state index in [-0.39, 0.29) is 17.2 Å². The fraction of sp³-hybridized carbons (Fsp3) is 0.867. The van der Waals surface area contributed by atoms with Gasteiger partial charge in [-0.2, -0.15) is 0 Å². The van der Waals surface area contributed by atoms with Gasteiger partial charge in [0.05, 0.1) is 5.41 Å². The molecule has 5 heteroatoms. The molecule has 1 unspecified atom stereocenters. The first kappa shape index (κ1) is 15.3. The molecular weight excluding hydrogens is 254 g/mol. The van der Waals surface area contributed by atoms with E-state index < -0.39 is 0 Å². The van der Waals surface area contributed by atoms with Crippen LogP contribution in [-0.2, 0) is 9.59 Å². The summed E-state index contributed by atoms with van der Waals surface area (Å²) < 4.78 is 0. The average molecular weight is 281 g/mol. The molecule has 3 N–H and O–H groups in total. The van der Waals surface area contributed by atoms with Gasteiger partial charge in [0.2, 0.25) is 11.8 Å². The van der Waals surface area contributed by atoms with E-state index in [1.165, 1.54) is 0 Å². The van der Waals surface area contributed by atoms with Crippen molar-refractivity contribution in [1.82, 2.24) is 16.0 Å². The number of carbonyl (C=O) groups excluding carboxylic acids is 2. The first-order valence-electron chi connectivity index (χ1n) is 7.95. The van der Waals surface area contributed by atoms with Gasteiger partial charge in [0.15, 0.2) is 0 Å². The molecule has 0 aromatic heterocycles. The molecule has 0 aromatic rings. The third-order valence-corrected chi connectivity index (χ3v) is 4.26. The topological polar surface area (TPSA) is 70.2 Å². The fourth-order valence-corrected chi connectivity index (χ4v) is 2.97. The summed E-state index contributed by atoms with van der Waals surface area (Å²) in [6, 6.07) is 0.396. The Morgan fingerprint density at radius 2 is 2.15 bits per heavy atom. The predicted molar refractivity (Wildman–Crippen MR) is 78.2 cm³/mol. The van der Waals surface area contributed by atoms with E-state index in [9.17, 15) is 9.59 Å². The van der Waals surface area contributed by atoms with Gasteiger partial charge in [-0.15, -0.1) is 0 Å². The third-order valence-electron chi connectivity index (χ3n) is 4.26. The monoisotopic (exact) mass is 281 g/mol. The maximum absolute atomic E-state index is 12.4. The minimum atomic E-state index is -0.264. The van der Waals surface area contributed by atoms with E-state index in [4.69, 9.17) is 0 Å². The fourth-order valence-electron chi connectivity index (χ4n) is 2.97. The number of piperidine rings is 1. The molecule has 1 saturated carbocycles. The van der Waals surface area contributed by atoms with Crippen LogP contribution in [-0.4, -0.2) is 37.5 Å². The van der Waals surface area contributed by atoms with E-state index in [0.717, 1.165) is 51.6 Å². The van der Waals surface area contributed by atoms with Crippen LogP contribution in [0.15, 0.2) is 0 Å². The standard InChI is InChI=1S/C15H27N3O2/c1-2-7-15(8-3-9-16-11-15)14(20)17-10-6-13(19)18-12-4-5-12/h12,16H,2-11H2,1H3,(H,17,20)(H,18,19). The van der Waals surface area contributed by atoms with Crippen molar-refractivity contribution in [3.05, 3.63) is 0 Å². The van der Waals surface area contributed by atoms with Crippen molar-refractivity contribution in [2.45, 2.75) is 57.9 Å². The van der Waals surface area contributed by atoms with E-state index in [0.29, 0.717) is 19.0 Å². The highest BCUT2D eigenvalue weighted by Gasteiger charge is 2.38. The van der Waals surface area contributed by atoms with E-state index in [2.05, 4.69) is 22.9 Å². The summed E-state index contributed by atoms with van der Waals surface area (Å²) in [5.74, 6) is 0.171. The van der Waals surface area contributed by atoms with Crippen LogP contribution in [0, 0.1) is 5.41 Å². The third kappa shape index (κ3) is 4.20. The highest BCUT2D eigenvalue weighted by atomic mass is 16.2. The van der Waals surface area contributed by atoms with Crippen molar-refractivity contribution < 1.29 is 9.59 Å². The number of carbonyl (C=O) groups is 2. The normalized spacial score (nSPS) is 26.1. The Labute approximate surface area is 121 Å². The van der Waals surface area contributed by atoms with Crippen molar-refractivity contribution >= 4 is 11.8 Å². The van der Waals surface area contributed by atoms with Crippen molar-refractivity contribution in [3.8, 4) is 0 Å². The molecule has 0 aromatic carbocycles. The number of hydrogen-bond donors (Lipinski definition) is 3. The van der Waals surface area contributed by atoms with Gasteiger partial charge in [0.25, 0.3) is 0 Å². The Morgan fingerprint density at radius 3 is 2.75 bits per heavy atom. The van der Waals surface area contributed by atoms with Crippen LogP contribution >= 0.6 is 0 Å². The average Bonchev–Trinajstić information content (AvgIpc) is 3.24. The van der Waals surface area contributed by atoms with E-state index in [1.807, 2.05) is 0 Å². The Hall–Kier alpha value is -1.10. The van der Waals surface area contributed by atoms with Gasteiger partial charge in [-0.05, 0) is 38.6 Å². The summed E-state index contributed by atoms with van der Waals surface area (Å²) >= 11 is 0. The largest absolute Gasteiger partial charge is 0.355 e. The first-order chi connectivity index (χ1) is 9.66. The van der Waals surface area contributed by atoms with Crippen LogP contribution in [0.4, 0.5) is 0 Å². The molecule has 2 aliphatic rings. The van der Waals surface area contributed by atoms with Crippen molar-refractivity contribution in [2.24, 2.45) is 5.41 Å². The maximum atomic E-state index is 12.4. The highest BCUT2D eigenvalue weighted by molar-refractivity contribution is 5.84. The lowest BCUT2D eigenvalue weighted by molar-refractivity contribution is -0.132. The lowest BCUT2D eigenvalue weighted by Crippen LogP contribution is -2.51. The molecule has 20 heavy (non-hydrogen) atoms. The second-order valence-electron chi connectivity index (χ2n) is 6.16. The van der Waals surface area contributed by atoms with E-state index in [1.54, 1.807) is 0 Å². The summed E-state index contributed by atoms with van der Waals surface area (Å²) in [7, 11) is 0. The number of nitrogens with one attached hydrogen (secondary N) is 3. The molecule has 0 radical (unpaired) electrons. The minimum absolute atomic E-state index is 0.0547. The molecule has 5 nitrogen and oxygen atoms in total. The predicted octanol–water partition coefficient (Wildman–Crippen LogP) is 0.941. The van der Waals surface area contributed by atoms with Gasteiger partial charge >= 0.3 is 0 Å². The molecule has 0 spiro atoms. The molecular formula is C15H27N3O2. The van der Waals surface area contributed by atoms with Gasteiger partial charge in [0.1, 0.15) is 0 Å². The summed E-state index contributed by atoms with van der Waals surface area (Å²) in [5.41, 5.74) is -0.264. The van der Waals surface area contributed by atoms with Gasteiger partial charge in [-0.1, -0.05) is 13.3 Å². The van der Waals surface area contributed by atoms with Gasteiger partial charge in [-0.25, -0.2) is 0 Å². The summed E-state index contributed by atoms with van der Waals surface area (Å²) in [5, 5.41) is 9.24. The molecule has 1 aliphatic heterocycles. The Morgan fingerprint density at radius 1 is 1.35 bits per heavy atom. The molecule has 1 heterocycles. The first-order valence-corrected chi connectivity index (χ1v) is 7.95. The second kappa shape index (κ2) is 7.07. The SMILES string of the molecule is CCCC1(C(=O)NCCC(=O)NC2CC2)CCCNC1. The quantitative estimate of drug-likeness (QED) is 0.650. The Bertz CT molecular complexity index is 342. The van der Waals surface area contributed by atoms with Crippen molar-refractivity contribution in [1.29, 1.82) is 0 Å². The molecule has 114 valence electrons. The minimum Gasteiger partial charge on any atom is -0.355 e. The van der Waals surface area contributed by atoms with Crippen LogP contribution in [0.2, 0.25) is 0 Å². The Balaban J connectivity index is 1.74. The summed E-state index contributed by atoms with van der Waals surface area (Å²) in [4.78, 5) is 24.0. The molecule has 1 saturated heterocycles. The zero-order chi connectivity index (χ0) is 14.4. The molecule has 2 rings (SSSR count). The van der Waals surface area contributed by atoms with Gasteiger partial charge < -0.3 is 16.0 Å². The van der Waals surface area contributed by atoms with Crippen LogP contribution in [0.3, 0.4) is 0 Å². The lowest BCUT2D eigenvalue weighted by Gasteiger charge is -2.36. The summed E-state index contributed by atoms with van der Waals surface area (Å²) in [6.07, 6.45) is 6.52. The van der Waals surface area contributed by atoms with Gasteiger partial charge in [0, 0.05) is 25.6 Å².